The summed E-state index contributed by atoms with van der Waals surface area (Å²) in [4.78, 5) is 4.42. The van der Waals surface area contributed by atoms with Crippen molar-refractivity contribution in [1.82, 2.24) is 19.6 Å². The number of hydrogen-bond donors (Lipinski definition) is 2. The number of nitrogens with one attached hydrogen (secondary N) is 1. The van der Waals surface area contributed by atoms with Gasteiger partial charge in [0.05, 0.1) is 37.3 Å². The Hall–Kier alpha value is -3.36. The van der Waals surface area contributed by atoms with E-state index in [1.54, 1.807) is 41.5 Å². The Morgan fingerprint density at radius 1 is 1.37 bits per heavy atom. The predicted molar refractivity (Wildman–Crippen MR) is 103 cm³/mol. The first kappa shape index (κ1) is 18.4. The molecule has 0 aliphatic carbocycles. The van der Waals surface area contributed by atoms with Crippen molar-refractivity contribution in [2.24, 2.45) is 12.0 Å². The zero-order valence-electron chi connectivity index (χ0n) is 15.4. The van der Waals surface area contributed by atoms with Gasteiger partial charge in [0.1, 0.15) is 12.0 Å². The van der Waals surface area contributed by atoms with Crippen LogP contribution in [0.2, 0.25) is 0 Å². The fourth-order valence-electron chi connectivity index (χ4n) is 2.60. The summed E-state index contributed by atoms with van der Waals surface area (Å²) >= 11 is 0. The van der Waals surface area contributed by atoms with Crippen LogP contribution in [0.5, 0.6) is 5.75 Å². The van der Waals surface area contributed by atoms with Crippen molar-refractivity contribution in [3.05, 3.63) is 53.7 Å². The molecular weight excluding hydrogens is 349 g/mol. The molecule has 0 aliphatic rings. The van der Waals surface area contributed by atoms with Gasteiger partial charge < -0.3 is 15.8 Å². The molecule has 1 unspecified atom stereocenters. The molecule has 2 aromatic heterocycles. The van der Waals surface area contributed by atoms with Gasteiger partial charge in [0.2, 0.25) is 0 Å². The third-order valence-corrected chi connectivity index (χ3v) is 4.01. The predicted octanol–water partition coefficient (Wildman–Crippen LogP) is 2.27. The first-order chi connectivity index (χ1) is 13.0. The number of nitrogens with two attached hydrogens (primary N) is 1. The molecule has 0 spiro atoms. The molecular formula is C18H22FN7O. The van der Waals surface area contributed by atoms with E-state index in [1.807, 2.05) is 20.2 Å². The Bertz CT molecular complexity index is 947. The summed E-state index contributed by atoms with van der Waals surface area (Å²) < 4.78 is 22.5. The molecule has 142 valence electrons. The minimum absolute atomic E-state index is 0.173. The lowest BCUT2D eigenvalue weighted by atomic mass is 10.2. The second kappa shape index (κ2) is 7.90. The van der Waals surface area contributed by atoms with Crippen LogP contribution in [0.1, 0.15) is 18.1 Å². The van der Waals surface area contributed by atoms with E-state index in [4.69, 9.17) is 10.5 Å². The summed E-state index contributed by atoms with van der Waals surface area (Å²) in [6, 6.07) is 4.97. The number of ether oxygens (including phenoxy) is 1. The number of anilines is 2. The number of aromatic nitrogens is 4. The molecule has 9 heteroatoms. The standard InChI is InChI=1S/C18H22FN7O/c1-12(24-15-9-22-25(2)11-15)21-7-14-8-23-26(18(14)20)10-13-5-4-6-16(27-3)17(13)19/h4-9,11-12,24H,10,20H2,1-3H3. The van der Waals surface area contributed by atoms with Crippen molar-refractivity contribution in [1.29, 1.82) is 0 Å². The van der Waals surface area contributed by atoms with E-state index in [1.165, 1.54) is 11.8 Å². The highest BCUT2D eigenvalue weighted by Gasteiger charge is 2.12. The average molecular weight is 371 g/mol. The van der Waals surface area contributed by atoms with Crippen molar-refractivity contribution in [2.75, 3.05) is 18.2 Å². The molecule has 0 bridgehead atoms. The fraction of sp³-hybridized carbons (Fsp3) is 0.278. The quantitative estimate of drug-likeness (QED) is 0.621. The highest BCUT2D eigenvalue weighted by molar-refractivity contribution is 5.85. The largest absolute Gasteiger partial charge is 0.494 e. The molecule has 0 amide bonds. The Morgan fingerprint density at radius 2 is 2.19 bits per heavy atom. The van der Waals surface area contributed by atoms with Crippen LogP contribution in [0.15, 0.2) is 41.8 Å². The number of nitrogen functional groups attached to an aromatic ring is 1. The van der Waals surface area contributed by atoms with Gasteiger partial charge >= 0.3 is 0 Å². The molecule has 2 heterocycles. The summed E-state index contributed by atoms with van der Waals surface area (Å²) in [5, 5.41) is 11.5. The molecule has 0 saturated heterocycles. The number of halogens is 1. The van der Waals surface area contributed by atoms with Crippen LogP contribution >= 0.6 is 0 Å². The molecule has 0 radical (unpaired) electrons. The third-order valence-electron chi connectivity index (χ3n) is 4.01. The van der Waals surface area contributed by atoms with Crippen LogP contribution < -0.4 is 15.8 Å². The second-order valence-corrected chi connectivity index (χ2v) is 6.08. The number of nitrogens with zero attached hydrogens (tertiary/aromatic N) is 5. The van der Waals surface area contributed by atoms with E-state index < -0.39 is 5.82 Å². The van der Waals surface area contributed by atoms with Gasteiger partial charge in [-0.1, -0.05) is 12.1 Å². The molecule has 1 aromatic carbocycles. The summed E-state index contributed by atoms with van der Waals surface area (Å²) in [5.74, 6) is 0.185. The SMILES string of the molecule is COc1cccc(Cn2ncc(C=NC(C)Nc3cnn(C)c3)c2N)c1F. The lowest BCUT2D eigenvalue weighted by molar-refractivity contribution is 0.383. The number of aryl methyl sites for hydroxylation is 1. The average Bonchev–Trinajstić information content (AvgIpc) is 3.21. The lowest BCUT2D eigenvalue weighted by Crippen LogP contribution is -2.12. The zero-order chi connectivity index (χ0) is 19.4. The van der Waals surface area contributed by atoms with Crippen LogP contribution in [0.25, 0.3) is 0 Å². The van der Waals surface area contributed by atoms with Gasteiger partial charge in [0.15, 0.2) is 11.6 Å². The number of rotatable bonds is 7. The van der Waals surface area contributed by atoms with Gasteiger partial charge in [-0.2, -0.15) is 10.2 Å². The van der Waals surface area contributed by atoms with E-state index >= 15 is 0 Å². The molecule has 0 saturated carbocycles. The van der Waals surface area contributed by atoms with Crippen molar-refractivity contribution in [3.8, 4) is 5.75 Å². The number of benzene rings is 1. The summed E-state index contributed by atoms with van der Waals surface area (Å²) in [7, 11) is 3.28. The highest BCUT2D eigenvalue weighted by atomic mass is 19.1. The highest BCUT2D eigenvalue weighted by Crippen LogP contribution is 2.21. The summed E-state index contributed by atoms with van der Waals surface area (Å²) in [6.07, 6.45) is 6.66. The van der Waals surface area contributed by atoms with Gasteiger partial charge in [0.25, 0.3) is 0 Å². The molecule has 0 aliphatic heterocycles. The Kier molecular flexibility index (Phi) is 5.39. The van der Waals surface area contributed by atoms with Crippen LogP contribution in [0, 0.1) is 5.82 Å². The molecule has 3 aromatic rings. The minimum atomic E-state index is -0.417. The van der Waals surface area contributed by atoms with Gasteiger partial charge in [-0.15, -0.1) is 0 Å². The van der Waals surface area contributed by atoms with E-state index in [0.29, 0.717) is 16.9 Å². The normalized spacial score (nSPS) is 12.4. The fourth-order valence-corrected chi connectivity index (χ4v) is 2.60. The van der Waals surface area contributed by atoms with Gasteiger partial charge in [0, 0.05) is 25.0 Å². The van der Waals surface area contributed by atoms with Gasteiger partial charge in [-0.3, -0.25) is 9.67 Å². The van der Waals surface area contributed by atoms with Crippen LogP contribution in [0.4, 0.5) is 15.9 Å². The van der Waals surface area contributed by atoms with Crippen molar-refractivity contribution in [3.63, 3.8) is 0 Å². The Morgan fingerprint density at radius 3 is 2.89 bits per heavy atom. The molecule has 27 heavy (non-hydrogen) atoms. The van der Waals surface area contributed by atoms with E-state index in [2.05, 4.69) is 20.5 Å². The molecule has 3 rings (SSSR count). The van der Waals surface area contributed by atoms with Crippen molar-refractivity contribution < 1.29 is 9.13 Å². The maximum atomic E-state index is 14.3. The summed E-state index contributed by atoms with van der Waals surface area (Å²) in [6.45, 7) is 2.11. The number of hydrogen-bond acceptors (Lipinski definition) is 6. The first-order valence-electron chi connectivity index (χ1n) is 8.39. The number of aliphatic imine (C=N–C) groups is 1. The molecule has 8 nitrogen and oxygen atoms in total. The summed E-state index contributed by atoms with van der Waals surface area (Å²) in [5.41, 5.74) is 8.12. The monoisotopic (exact) mass is 371 g/mol. The lowest BCUT2D eigenvalue weighted by Gasteiger charge is -2.09. The van der Waals surface area contributed by atoms with Gasteiger partial charge in [-0.25, -0.2) is 9.07 Å². The molecule has 3 N–H and O–H groups in total. The zero-order valence-corrected chi connectivity index (χ0v) is 15.4. The topological polar surface area (TPSA) is 95.3 Å². The second-order valence-electron chi connectivity index (χ2n) is 6.08. The molecule has 1 atom stereocenters. The minimum Gasteiger partial charge on any atom is -0.494 e. The van der Waals surface area contributed by atoms with E-state index in [0.717, 1.165) is 5.69 Å². The first-order valence-corrected chi connectivity index (χ1v) is 8.39. The maximum Gasteiger partial charge on any atom is 0.170 e. The van der Waals surface area contributed by atoms with Crippen molar-refractivity contribution >= 4 is 17.7 Å². The van der Waals surface area contributed by atoms with E-state index in [9.17, 15) is 4.39 Å². The third kappa shape index (κ3) is 4.25. The number of methoxy groups -OCH3 is 1. The maximum absolute atomic E-state index is 14.3. The van der Waals surface area contributed by atoms with E-state index in [-0.39, 0.29) is 18.5 Å². The Balaban J connectivity index is 1.70. The smallest absolute Gasteiger partial charge is 0.170 e. The van der Waals surface area contributed by atoms with Gasteiger partial charge in [-0.05, 0) is 13.0 Å². The van der Waals surface area contributed by atoms with Crippen molar-refractivity contribution in [2.45, 2.75) is 19.6 Å². The molecule has 0 fully saturated rings. The van der Waals surface area contributed by atoms with Crippen LogP contribution in [-0.2, 0) is 13.6 Å². The van der Waals surface area contributed by atoms with Crippen LogP contribution in [0.3, 0.4) is 0 Å². The van der Waals surface area contributed by atoms with Crippen LogP contribution in [-0.4, -0.2) is 39.1 Å². The Labute approximate surface area is 156 Å².